The van der Waals surface area contributed by atoms with E-state index < -0.39 is 11.7 Å². The van der Waals surface area contributed by atoms with Crippen molar-refractivity contribution >= 4 is 17.4 Å². The lowest BCUT2D eigenvalue weighted by Crippen LogP contribution is -2.20. The minimum absolute atomic E-state index is 0.584. The number of hydrogen-bond donors (Lipinski definition) is 1. The first-order valence-corrected chi connectivity index (χ1v) is 7.13. The van der Waals surface area contributed by atoms with Crippen molar-refractivity contribution in [1.82, 2.24) is 0 Å². The molecule has 0 radical (unpaired) electrons. The Morgan fingerprint density at radius 2 is 1.89 bits per heavy atom. The van der Waals surface area contributed by atoms with E-state index in [-0.39, 0.29) is 0 Å². The second-order valence-electron chi connectivity index (χ2n) is 4.44. The monoisotopic (exact) mass is 275 g/mol. The summed E-state index contributed by atoms with van der Waals surface area (Å²) < 4.78 is 37.1. The maximum Gasteiger partial charge on any atom is 0.416 e. The maximum absolute atomic E-state index is 12.4. The summed E-state index contributed by atoms with van der Waals surface area (Å²) in [6.07, 6.45) is -0.524. The van der Waals surface area contributed by atoms with Gasteiger partial charge < -0.3 is 5.32 Å². The van der Waals surface area contributed by atoms with Crippen molar-refractivity contribution in [2.75, 3.05) is 17.6 Å². The highest BCUT2D eigenvalue weighted by molar-refractivity contribution is 7.99. The third-order valence-corrected chi connectivity index (χ3v) is 4.42. The van der Waals surface area contributed by atoms with Crippen molar-refractivity contribution in [1.29, 1.82) is 0 Å². The SMILES string of the molecule is FC(F)(F)c1ccc(NCC2CCCCS2)cc1. The molecule has 1 aromatic carbocycles. The third kappa shape index (κ3) is 3.83. The molecule has 1 heterocycles. The normalized spacial score (nSPS) is 20.7. The second-order valence-corrected chi connectivity index (χ2v) is 5.85. The largest absolute Gasteiger partial charge is 0.416 e. The van der Waals surface area contributed by atoms with E-state index in [0.717, 1.165) is 24.4 Å². The van der Waals surface area contributed by atoms with Crippen LogP contribution in [0.3, 0.4) is 0 Å². The summed E-state index contributed by atoms with van der Waals surface area (Å²) in [5.74, 6) is 1.19. The van der Waals surface area contributed by atoms with Crippen LogP contribution in [-0.2, 0) is 6.18 Å². The van der Waals surface area contributed by atoms with E-state index in [0.29, 0.717) is 5.25 Å². The van der Waals surface area contributed by atoms with Gasteiger partial charge in [-0.25, -0.2) is 0 Å². The molecule has 1 aliphatic heterocycles. The highest BCUT2D eigenvalue weighted by Crippen LogP contribution is 2.30. The summed E-state index contributed by atoms with van der Waals surface area (Å²) in [6.45, 7) is 0.829. The first kappa shape index (κ1) is 13.6. The Morgan fingerprint density at radius 3 is 2.44 bits per heavy atom. The molecule has 2 rings (SSSR count). The first-order valence-electron chi connectivity index (χ1n) is 6.08. The number of benzene rings is 1. The van der Waals surface area contributed by atoms with Crippen molar-refractivity contribution < 1.29 is 13.2 Å². The Bertz CT molecular complexity index is 369. The van der Waals surface area contributed by atoms with E-state index in [1.165, 1.54) is 37.1 Å². The van der Waals surface area contributed by atoms with E-state index in [9.17, 15) is 13.2 Å². The summed E-state index contributed by atoms with van der Waals surface area (Å²) in [5, 5.41) is 3.79. The lowest BCUT2D eigenvalue weighted by atomic mass is 10.1. The molecule has 1 saturated heterocycles. The highest BCUT2D eigenvalue weighted by atomic mass is 32.2. The predicted octanol–water partition coefficient (Wildman–Crippen LogP) is 4.40. The van der Waals surface area contributed by atoms with Crippen LogP contribution in [0.5, 0.6) is 0 Å². The highest BCUT2D eigenvalue weighted by Gasteiger charge is 2.29. The molecule has 5 heteroatoms. The van der Waals surface area contributed by atoms with Gasteiger partial charge in [0.25, 0.3) is 0 Å². The van der Waals surface area contributed by atoms with Gasteiger partial charge in [-0.15, -0.1) is 0 Å². The van der Waals surface area contributed by atoms with Crippen LogP contribution in [0, 0.1) is 0 Å². The number of rotatable bonds is 3. The van der Waals surface area contributed by atoms with Gasteiger partial charge in [-0.3, -0.25) is 0 Å². The fraction of sp³-hybridized carbons (Fsp3) is 0.538. The molecule has 1 aliphatic rings. The van der Waals surface area contributed by atoms with E-state index in [2.05, 4.69) is 5.32 Å². The summed E-state index contributed by atoms with van der Waals surface area (Å²) in [5.41, 5.74) is 0.161. The minimum Gasteiger partial charge on any atom is -0.384 e. The Hall–Kier alpha value is -0.840. The average Bonchev–Trinajstić information content (AvgIpc) is 2.37. The second kappa shape index (κ2) is 5.87. The van der Waals surface area contributed by atoms with Crippen LogP contribution in [-0.4, -0.2) is 17.5 Å². The molecule has 1 atom stereocenters. The van der Waals surface area contributed by atoms with Crippen LogP contribution in [0.2, 0.25) is 0 Å². The molecule has 1 nitrogen and oxygen atoms in total. The fourth-order valence-electron chi connectivity index (χ4n) is 1.98. The van der Waals surface area contributed by atoms with Gasteiger partial charge in [0.05, 0.1) is 5.56 Å². The zero-order valence-electron chi connectivity index (χ0n) is 9.96. The molecule has 1 unspecified atom stereocenters. The van der Waals surface area contributed by atoms with Crippen LogP contribution in [0.25, 0.3) is 0 Å². The van der Waals surface area contributed by atoms with Gasteiger partial charge in [0.2, 0.25) is 0 Å². The molecular weight excluding hydrogens is 259 g/mol. The number of anilines is 1. The number of thioether (sulfide) groups is 1. The lowest BCUT2D eigenvalue weighted by molar-refractivity contribution is -0.137. The molecule has 0 saturated carbocycles. The molecule has 1 aromatic rings. The van der Waals surface area contributed by atoms with Crippen molar-refractivity contribution in [2.45, 2.75) is 30.7 Å². The smallest absolute Gasteiger partial charge is 0.384 e. The van der Waals surface area contributed by atoms with Crippen molar-refractivity contribution in [3.8, 4) is 0 Å². The van der Waals surface area contributed by atoms with E-state index >= 15 is 0 Å². The van der Waals surface area contributed by atoms with E-state index in [1.54, 1.807) is 0 Å². The molecule has 0 amide bonds. The van der Waals surface area contributed by atoms with Crippen LogP contribution in [0.1, 0.15) is 24.8 Å². The molecule has 0 bridgehead atoms. The minimum atomic E-state index is -4.25. The standard InChI is InChI=1S/C13H16F3NS/c14-13(15,16)10-4-6-11(7-5-10)17-9-12-3-1-2-8-18-12/h4-7,12,17H,1-3,8-9H2. The quantitative estimate of drug-likeness (QED) is 0.877. The Balaban J connectivity index is 1.86. The van der Waals surface area contributed by atoms with Gasteiger partial charge in [0, 0.05) is 17.5 Å². The predicted molar refractivity (Wildman–Crippen MR) is 70.0 cm³/mol. The zero-order valence-corrected chi connectivity index (χ0v) is 10.8. The number of alkyl halides is 3. The molecule has 0 aliphatic carbocycles. The van der Waals surface area contributed by atoms with Crippen LogP contribution in [0.4, 0.5) is 18.9 Å². The molecule has 0 spiro atoms. The molecule has 18 heavy (non-hydrogen) atoms. The van der Waals surface area contributed by atoms with Crippen LogP contribution >= 0.6 is 11.8 Å². The van der Waals surface area contributed by atoms with Gasteiger partial charge in [0.15, 0.2) is 0 Å². The Labute approximate surface area is 109 Å². The first-order chi connectivity index (χ1) is 8.55. The molecule has 1 N–H and O–H groups in total. The van der Waals surface area contributed by atoms with Gasteiger partial charge >= 0.3 is 6.18 Å². The zero-order chi connectivity index (χ0) is 13.0. The molecule has 1 fully saturated rings. The molecular formula is C13H16F3NS. The van der Waals surface area contributed by atoms with E-state index in [1.807, 2.05) is 11.8 Å². The van der Waals surface area contributed by atoms with Gasteiger partial charge in [-0.1, -0.05) is 6.42 Å². The van der Waals surface area contributed by atoms with E-state index in [4.69, 9.17) is 0 Å². The maximum atomic E-state index is 12.4. The molecule has 0 aromatic heterocycles. The van der Waals surface area contributed by atoms with Gasteiger partial charge in [-0.05, 0) is 42.9 Å². The Morgan fingerprint density at radius 1 is 1.17 bits per heavy atom. The number of nitrogens with one attached hydrogen (secondary N) is 1. The summed E-state index contributed by atoms with van der Waals surface area (Å²) in [7, 11) is 0. The fourth-order valence-corrected chi connectivity index (χ4v) is 3.22. The summed E-state index contributed by atoms with van der Waals surface area (Å²) in [6, 6.07) is 5.24. The van der Waals surface area contributed by atoms with Gasteiger partial charge in [-0.2, -0.15) is 24.9 Å². The van der Waals surface area contributed by atoms with Crippen LogP contribution in [0.15, 0.2) is 24.3 Å². The molecule has 100 valence electrons. The topological polar surface area (TPSA) is 12.0 Å². The van der Waals surface area contributed by atoms with Crippen LogP contribution < -0.4 is 5.32 Å². The van der Waals surface area contributed by atoms with Crippen molar-refractivity contribution in [3.05, 3.63) is 29.8 Å². The number of halogens is 3. The van der Waals surface area contributed by atoms with Crippen molar-refractivity contribution in [2.24, 2.45) is 0 Å². The summed E-state index contributed by atoms with van der Waals surface area (Å²) >= 11 is 1.95. The van der Waals surface area contributed by atoms with Crippen molar-refractivity contribution in [3.63, 3.8) is 0 Å². The average molecular weight is 275 g/mol. The lowest BCUT2D eigenvalue weighted by Gasteiger charge is -2.22. The van der Waals surface area contributed by atoms with Gasteiger partial charge in [0.1, 0.15) is 0 Å². The Kier molecular flexibility index (Phi) is 4.43. The number of hydrogen-bond acceptors (Lipinski definition) is 2. The summed E-state index contributed by atoms with van der Waals surface area (Å²) in [4.78, 5) is 0. The third-order valence-electron chi connectivity index (χ3n) is 3.02.